The van der Waals surface area contributed by atoms with Crippen molar-refractivity contribution in [2.24, 2.45) is 29.4 Å². The van der Waals surface area contributed by atoms with E-state index >= 15 is 0 Å². The van der Waals surface area contributed by atoms with Crippen LogP contribution < -0.4 is 10.6 Å². The van der Waals surface area contributed by atoms with Crippen molar-refractivity contribution >= 4 is 34.7 Å². The highest BCUT2D eigenvalue weighted by atomic mass is 16.3. The molecule has 38 heavy (non-hydrogen) atoms. The molecule has 1 amide bonds. The number of rotatable bonds is 3. The number of aliphatic hydroxyl groups excluding tert-OH is 1. The van der Waals surface area contributed by atoms with Gasteiger partial charge in [0.2, 0.25) is 5.91 Å². The average Bonchev–Trinajstić information content (AvgIpc) is 2.86. The molecule has 8 unspecified atom stereocenters. The molecule has 3 fully saturated rings. The van der Waals surface area contributed by atoms with E-state index in [0.717, 1.165) is 19.3 Å². The number of hydrogen-bond acceptors (Lipinski definition) is 10. The lowest BCUT2D eigenvalue weighted by molar-refractivity contribution is -0.196. The van der Waals surface area contributed by atoms with Crippen LogP contribution in [0.15, 0.2) is 12.1 Å². The number of benzene rings is 1. The van der Waals surface area contributed by atoms with E-state index in [0.29, 0.717) is 24.3 Å². The summed E-state index contributed by atoms with van der Waals surface area (Å²) in [4.78, 5) is 70.0. The van der Waals surface area contributed by atoms with Crippen molar-refractivity contribution in [2.75, 3.05) is 32.1 Å². The smallest absolute Gasteiger partial charge is 0.235 e. The first-order valence-electron chi connectivity index (χ1n) is 13.0. The zero-order valence-electron chi connectivity index (χ0n) is 21.6. The van der Waals surface area contributed by atoms with E-state index in [1.54, 1.807) is 19.1 Å². The summed E-state index contributed by atoms with van der Waals surface area (Å²) in [5.41, 5.74) is 3.18. The van der Waals surface area contributed by atoms with Gasteiger partial charge in [-0.2, -0.15) is 0 Å². The van der Waals surface area contributed by atoms with Crippen LogP contribution >= 0.6 is 0 Å². The van der Waals surface area contributed by atoms with Crippen LogP contribution in [0.25, 0.3) is 0 Å². The van der Waals surface area contributed by atoms with E-state index in [2.05, 4.69) is 0 Å². The summed E-state index contributed by atoms with van der Waals surface area (Å²) in [6, 6.07) is 2.05. The molecular weight excluding hydrogens is 494 g/mol. The molecule has 4 aliphatic rings. The van der Waals surface area contributed by atoms with Gasteiger partial charge < -0.3 is 26.0 Å². The molecule has 204 valence electrons. The van der Waals surface area contributed by atoms with Crippen LogP contribution in [0.2, 0.25) is 0 Å². The highest BCUT2D eigenvalue weighted by molar-refractivity contribution is 6.32. The molecule has 5 N–H and O–H groups in total. The minimum absolute atomic E-state index is 0.0700. The Morgan fingerprint density at radius 1 is 1.08 bits per heavy atom. The quantitative estimate of drug-likeness (QED) is 0.371. The molecule has 1 saturated heterocycles. The Morgan fingerprint density at radius 3 is 2.29 bits per heavy atom. The van der Waals surface area contributed by atoms with Crippen LogP contribution in [0.1, 0.15) is 48.0 Å². The SMILES string of the molecule is CC1c2ccc(N3CCCCC3)c(O)c2C(=O)C2C(=O)C3(O)C(=O)C(C(N)=O)C(=O)C(N(C)C)C3C(O)C21. The molecular formula is C27H33N3O8. The molecule has 8 atom stereocenters. The van der Waals surface area contributed by atoms with Crippen molar-refractivity contribution in [1.29, 1.82) is 0 Å². The number of nitrogens with two attached hydrogens (primary N) is 1. The van der Waals surface area contributed by atoms with Crippen LogP contribution in [0, 0.1) is 23.7 Å². The maximum Gasteiger partial charge on any atom is 0.235 e. The predicted octanol–water partition coefficient (Wildman–Crippen LogP) is -0.611. The molecule has 1 aromatic rings. The molecule has 0 aromatic heterocycles. The van der Waals surface area contributed by atoms with Crippen LogP contribution in [-0.4, -0.2) is 94.2 Å². The Balaban J connectivity index is 1.67. The van der Waals surface area contributed by atoms with Crippen molar-refractivity contribution in [2.45, 2.75) is 49.9 Å². The van der Waals surface area contributed by atoms with Gasteiger partial charge in [0.05, 0.1) is 35.2 Å². The number of fused-ring (bicyclic) bond motifs is 3. The zero-order chi connectivity index (χ0) is 27.8. The van der Waals surface area contributed by atoms with Gasteiger partial charge in [-0.3, -0.25) is 28.9 Å². The predicted molar refractivity (Wildman–Crippen MR) is 134 cm³/mol. The summed E-state index contributed by atoms with van der Waals surface area (Å²) < 4.78 is 0. The zero-order valence-corrected chi connectivity index (χ0v) is 21.6. The first-order chi connectivity index (χ1) is 17.8. The van der Waals surface area contributed by atoms with Gasteiger partial charge in [-0.1, -0.05) is 13.0 Å². The standard InChI is InChI=1S/C27H33N3O8/c1-11-12-7-8-13(30-9-5-4-6-10-30)20(31)15(12)21(32)16-14(11)22(33)18-19(29(2)3)23(34)17(26(28)37)25(36)27(18,38)24(16)35/h7-8,11,14,16-19,22,31,33,38H,4-6,9-10H2,1-3H3,(H2,28,37). The van der Waals surface area contributed by atoms with Crippen LogP contribution in [0.5, 0.6) is 5.75 Å². The third kappa shape index (κ3) is 3.34. The Morgan fingerprint density at radius 2 is 1.71 bits per heavy atom. The first kappa shape index (κ1) is 26.5. The van der Waals surface area contributed by atoms with Gasteiger partial charge in [-0.15, -0.1) is 0 Å². The average molecular weight is 528 g/mol. The summed E-state index contributed by atoms with van der Waals surface area (Å²) in [7, 11) is 2.93. The third-order valence-corrected chi connectivity index (χ3v) is 9.16. The number of carbonyl (C=O) groups excluding carboxylic acids is 5. The number of anilines is 1. The number of ketones is 4. The van der Waals surface area contributed by atoms with E-state index in [4.69, 9.17) is 5.73 Å². The number of phenols is 1. The third-order valence-electron chi connectivity index (χ3n) is 9.16. The first-order valence-corrected chi connectivity index (χ1v) is 13.0. The fourth-order valence-electron chi connectivity index (χ4n) is 7.37. The van der Waals surface area contributed by atoms with E-state index in [9.17, 15) is 39.3 Å². The van der Waals surface area contributed by atoms with Gasteiger partial charge in [-0.05, 0) is 50.9 Å². The second-order valence-electron chi connectivity index (χ2n) is 11.3. The summed E-state index contributed by atoms with van der Waals surface area (Å²) in [6.45, 7) is 3.10. The molecule has 1 aromatic carbocycles. The van der Waals surface area contributed by atoms with Crippen molar-refractivity contribution in [3.05, 3.63) is 23.3 Å². The number of aromatic hydroxyl groups is 1. The highest BCUT2D eigenvalue weighted by Crippen LogP contribution is 2.55. The van der Waals surface area contributed by atoms with Crippen LogP contribution in [0.3, 0.4) is 0 Å². The van der Waals surface area contributed by atoms with Gasteiger partial charge in [-0.25, -0.2) is 0 Å². The van der Waals surface area contributed by atoms with Gasteiger partial charge in [0, 0.05) is 19.0 Å². The fraction of sp³-hybridized carbons (Fsp3) is 0.593. The number of Topliss-reactive ketones (excluding diaryl/α,β-unsaturated/α-hetero) is 4. The Hall–Kier alpha value is -3.15. The second kappa shape index (κ2) is 8.96. The number of phenolic OH excluding ortho intramolecular Hbond substituents is 1. The van der Waals surface area contributed by atoms with Crippen LogP contribution in [0.4, 0.5) is 5.69 Å². The lowest BCUT2D eigenvalue weighted by atomic mass is 9.49. The van der Waals surface area contributed by atoms with Crippen molar-refractivity contribution in [3.8, 4) is 5.75 Å². The molecule has 11 heteroatoms. The number of nitrogens with zero attached hydrogens (tertiary/aromatic N) is 2. The lowest BCUT2D eigenvalue weighted by Crippen LogP contribution is -2.77. The highest BCUT2D eigenvalue weighted by Gasteiger charge is 2.72. The molecule has 0 bridgehead atoms. The maximum absolute atomic E-state index is 14.0. The number of amides is 1. The van der Waals surface area contributed by atoms with Crippen LogP contribution in [-0.2, 0) is 19.2 Å². The number of piperidine rings is 1. The topological polar surface area (TPSA) is 179 Å². The Kier molecular flexibility index (Phi) is 6.24. The molecule has 3 aliphatic carbocycles. The molecule has 1 heterocycles. The van der Waals surface area contributed by atoms with Gasteiger partial charge in [0.1, 0.15) is 5.75 Å². The largest absolute Gasteiger partial charge is 0.505 e. The number of hydrogen-bond donors (Lipinski definition) is 4. The summed E-state index contributed by atoms with van der Waals surface area (Å²) in [5, 5.41) is 34.6. The number of likely N-dealkylation sites (N-methyl/N-ethyl adjacent to an activating group) is 1. The van der Waals surface area contributed by atoms with E-state index < -0.39 is 76.4 Å². The fourth-order valence-corrected chi connectivity index (χ4v) is 7.37. The second-order valence-corrected chi connectivity index (χ2v) is 11.3. The van der Waals surface area contributed by atoms with Crippen molar-refractivity contribution < 1.29 is 39.3 Å². The summed E-state index contributed by atoms with van der Waals surface area (Å²) in [6.07, 6.45) is 1.29. The minimum atomic E-state index is -2.99. The number of aliphatic hydroxyl groups is 2. The molecule has 5 rings (SSSR count). The maximum atomic E-state index is 14.0. The van der Waals surface area contributed by atoms with E-state index in [-0.39, 0.29) is 11.3 Å². The lowest BCUT2D eigenvalue weighted by Gasteiger charge is -2.56. The van der Waals surface area contributed by atoms with Crippen molar-refractivity contribution in [3.63, 3.8) is 0 Å². The van der Waals surface area contributed by atoms with Crippen molar-refractivity contribution in [1.82, 2.24) is 4.90 Å². The summed E-state index contributed by atoms with van der Waals surface area (Å²) in [5.74, 6) is -13.0. The molecule has 2 saturated carbocycles. The summed E-state index contributed by atoms with van der Waals surface area (Å²) >= 11 is 0. The number of primary amides is 1. The Bertz CT molecular complexity index is 1250. The minimum Gasteiger partial charge on any atom is -0.505 e. The molecule has 0 radical (unpaired) electrons. The molecule has 1 aliphatic heterocycles. The van der Waals surface area contributed by atoms with Gasteiger partial charge >= 0.3 is 0 Å². The molecule has 0 spiro atoms. The normalized spacial score (nSPS) is 37.1. The Labute approximate surface area is 219 Å². The molecule has 11 nitrogen and oxygen atoms in total. The van der Waals surface area contributed by atoms with Gasteiger partial charge in [0.15, 0.2) is 34.7 Å². The number of carbonyl (C=O) groups is 5. The van der Waals surface area contributed by atoms with Gasteiger partial charge in [0.25, 0.3) is 0 Å². The van der Waals surface area contributed by atoms with E-state index in [1.165, 1.54) is 19.0 Å². The van der Waals surface area contributed by atoms with E-state index in [1.807, 2.05) is 4.90 Å². The monoisotopic (exact) mass is 527 g/mol.